The van der Waals surface area contributed by atoms with Gasteiger partial charge < -0.3 is 15.4 Å². The molecule has 26 heavy (non-hydrogen) atoms. The van der Waals surface area contributed by atoms with E-state index in [0.29, 0.717) is 19.6 Å². The summed E-state index contributed by atoms with van der Waals surface area (Å²) in [7, 11) is 0. The van der Waals surface area contributed by atoms with Gasteiger partial charge in [-0.05, 0) is 36.6 Å². The molecular formula is C20H22ClFN2O2. The Kier molecular flexibility index (Phi) is 5.49. The van der Waals surface area contributed by atoms with Crippen molar-refractivity contribution in [1.29, 1.82) is 0 Å². The van der Waals surface area contributed by atoms with Gasteiger partial charge in [0.2, 0.25) is 6.10 Å². The zero-order valence-corrected chi connectivity index (χ0v) is 15.4. The molecule has 138 valence electrons. The van der Waals surface area contributed by atoms with Gasteiger partial charge in [-0.25, -0.2) is 4.39 Å². The monoisotopic (exact) mass is 376 g/mol. The van der Waals surface area contributed by atoms with Crippen molar-refractivity contribution in [3.63, 3.8) is 0 Å². The second-order valence-electron chi connectivity index (χ2n) is 7.01. The number of likely N-dealkylation sites (tertiary alicyclic amines) is 1. The first-order valence-electron chi connectivity index (χ1n) is 8.57. The zero-order chi connectivity index (χ0) is 18.7. The van der Waals surface area contributed by atoms with Crippen LogP contribution in [-0.4, -0.2) is 30.4 Å². The lowest BCUT2D eigenvalue weighted by Crippen LogP contribution is -2.38. The van der Waals surface area contributed by atoms with Crippen LogP contribution in [0.4, 0.5) is 4.39 Å². The van der Waals surface area contributed by atoms with Crippen LogP contribution in [0, 0.1) is 11.2 Å². The van der Waals surface area contributed by atoms with E-state index in [0.717, 1.165) is 12.0 Å². The van der Waals surface area contributed by atoms with Gasteiger partial charge in [0.1, 0.15) is 11.6 Å². The maximum Gasteiger partial charge on any atom is 0.268 e. The number of nitrogens with zero attached hydrogens (tertiary/aromatic N) is 1. The average Bonchev–Trinajstić information content (AvgIpc) is 3.04. The lowest BCUT2D eigenvalue weighted by Gasteiger charge is -2.27. The quantitative estimate of drug-likeness (QED) is 0.863. The molecule has 1 amide bonds. The Bertz CT molecular complexity index is 787. The normalized spacial score (nSPS) is 20.8. The molecule has 0 radical (unpaired) electrons. The lowest BCUT2D eigenvalue weighted by atomic mass is 9.90. The van der Waals surface area contributed by atoms with Crippen molar-refractivity contribution in [2.75, 3.05) is 19.6 Å². The standard InChI is InChI=1S/C20H22ClFN2O2/c1-20(12-23)9-10-24(13-20)19(25)18(14-5-3-2-4-6-14)26-17-8-7-15(22)11-16(17)21/h2-8,11,18H,9-10,12-13,23H2,1H3. The zero-order valence-electron chi connectivity index (χ0n) is 14.6. The molecule has 0 saturated carbocycles. The summed E-state index contributed by atoms with van der Waals surface area (Å²) < 4.78 is 19.3. The molecule has 3 rings (SSSR count). The molecule has 2 N–H and O–H groups in total. The van der Waals surface area contributed by atoms with Crippen LogP contribution in [0.1, 0.15) is 25.0 Å². The lowest BCUT2D eigenvalue weighted by molar-refractivity contribution is -0.138. The van der Waals surface area contributed by atoms with E-state index in [-0.39, 0.29) is 22.1 Å². The summed E-state index contributed by atoms with van der Waals surface area (Å²) in [6.07, 6.45) is 0.00733. The summed E-state index contributed by atoms with van der Waals surface area (Å²) >= 11 is 6.09. The Morgan fingerprint density at radius 2 is 2.08 bits per heavy atom. The molecule has 2 aromatic carbocycles. The van der Waals surface area contributed by atoms with Gasteiger partial charge in [-0.3, -0.25) is 4.79 Å². The van der Waals surface area contributed by atoms with E-state index in [1.54, 1.807) is 4.90 Å². The van der Waals surface area contributed by atoms with E-state index in [9.17, 15) is 9.18 Å². The van der Waals surface area contributed by atoms with Crippen molar-refractivity contribution in [2.45, 2.75) is 19.4 Å². The third-order valence-corrected chi connectivity index (χ3v) is 5.12. The van der Waals surface area contributed by atoms with Crippen LogP contribution in [0.25, 0.3) is 0 Å². The molecule has 0 aromatic heterocycles. The molecule has 0 spiro atoms. The predicted molar refractivity (Wildman–Crippen MR) is 99.6 cm³/mol. The van der Waals surface area contributed by atoms with Gasteiger partial charge in [-0.15, -0.1) is 0 Å². The van der Waals surface area contributed by atoms with Crippen molar-refractivity contribution in [3.05, 3.63) is 64.9 Å². The third kappa shape index (κ3) is 4.00. The summed E-state index contributed by atoms with van der Waals surface area (Å²) in [6, 6.07) is 13.1. The molecule has 6 heteroatoms. The smallest absolute Gasteiger partial charge is 0.268 e. The van der Waals surface area contributed by atoms with Gasteiger partial charge in [-0.2, -0.15) is 0 Å². The van der Waals surface area contributed by atoms with Crippen molar-refractivity contribution in [1.82, 2.24) is 4.90 Å². The highest BCUT2D eigenvalue weighted by Crippen LogP contribution is 2.34. The second kappa shape index (κ2) is 7.64. The molecule has 1 aliphatic heterocycles. The molecule has 4 nitrogen and oxygen atoms in total. The Hall–Kier alpha value is -2.11. The summed E-state index contributed by atoms with van der Waals surface area (Å²) in [4.78, 5) is 15.0. The molecular weight excluding hydrogens is 355 g/mol. The molecule has 1 saturated heterocycles. The van der Waals surface area contributed by atoms with Crippen molar-refractivity contribution in [2.24, 2.45) is 11.1 Å². The van der Waals surface area contributed by atoms with Crippen molar-refractivity contribution >= 4 is 17.5 Å². The van der Waals surface area contributed by atoms with Crippen LogP contribution < -0.4 is 10.5 Å². The van der Waals surface area contributed by atoms with Gasteiger partial charge >= 0.3 is 0 Å². The molecule has 2 aromatic rings. The Balaban J connectivity index is 1.88. The number of rotatable bonds is 5. The topological polar surface area (TPSA) is 55.6 Å². The number of hydrogen-bond acceptors (Lipinski definition) is 3. The van der Waals surface area contributed by atoms with E-state index in [1.165, 1.54) is 18.2 Å². The summed E-state index contributed by atoms with van der Waals surface area (Å²) in [5, 5.41) is 0.131. The minimum absolute atomic E-state index is 0.0789. The van der Waals surface area contributed by atoms with Crippen LogP contribution in [0.5, 0.6) is 5.75 Å². The highest BCUT2D eigenvalue weighted by Gasteiger charge is 2.38. The summed E-state index contributed by atoms with van der Waals surface area (Å²) in [5.74, 6) is -0.326. The summed E-state index contributed by atoms with van der Waals surface area (Å²) in [5.41, 5.74) is 6.50. The number of carbonyl (C=O) groups is 1. The van der Waals surface area contributed by atoms with E-state index >= 15 is 0 Å². The Labute approximate surface area is 157 Å². The fraction of sp³-hybridized carbons (Fsp3) is 0.350. The van der Waals surface area contributed by atoms with Gasteiger partial charge in [0, 0.05) is 18.7 Å². The molecule has 0 bridgehead atoms. The van der Waals surface area contributed by atoms with E-state index in [1.807, 2.05) is 30.3 Å². The summed E-state index contributed by atoms with van der Waals surface area (Å²) in [6.45, 7) is 3.83. The van der Waals surface area contributed by atoms with Crippen LogP contribution in [0.2, 0.25) is 5.02 Å². The fourth-order valence-corrected chi connectivity index (χ4v) is 3.34. The highest BCUT2D eigenvalue weighted by atomic mass is 35.5. The molecule has 2 atom stereocenters. The van der Waals surface area contributed by atoms with Crippen molar-refractivity contribution in [3.8, 4) is 5.75 Å². The Morgan fingerprint density at radius 3 is 2.69 bits per heavy atom. The SMILES string of the molecule is CC1(CN)CCN(C(=O)C(Oc2ccc(F)cc2Cl)c2ccccc2)C1. The van der Waals surface area contributed by atoms with Crippen LogP contribution in [0.3, 0.4) is 0 Å². The number of benzene rings is 2. The fourth-order valence-electron chi connectivity index (χ4n) is 3.13. The second-order valence-corrected chi connectivity index (χ2v) is 7.42. The van der Waals surface area contributed by atoms with Crippen molar-refractivity contribution < 1.29 is 13.9 Å². The van der Waals surface area contributed by atoms with Gasteiger partial charge in [0.05, 0.1) is 5.02 Å². The largest absolute Gasteiger partial charge is 0.474 e. The van der Waals surface area contributed by atoms with Gasteiger partial charge in [0.15, 0.2) is 0 Å². The van der Waals surface area contributed by atoms with Gasteiger partial charge in [0.25, 0.3) is 5.91 Å². The number of carbonyl (C=O) groups excluding carboxylic acids is 1. The van der Waals surface area contributed by atoms with E-state index in [2.05, 4.69) is 6.92 Å². The molecule has 0 aliphatic carbocycles. The molecule has 1 aliphatic rings. The molecule has 1 fully saturated rings. The maximum atomic E-state index is 13.3. The predicted octanol–water partition coefficient (Wildman–Crippen LogP) is 3.80. The molecule has 1 heterocycles. The average molecular weight is 377 g/mol. The van der Waals surface area contributed by atoms with Crippen LogP contribution in [-0.2, 0) is 4.79 Å². The number of ether oxygens (including phenoxy) is 1. The molecule has 2 unspecified atom stereocenters. The maximum absolute atomic E-state index is 13.3. The van der Waals surface area contributed by atoms with E-state index < -0.39 is 11.9 Å². The number of halogens is 2. The van der Waals surface area contributed by atoms with Gasteiger partial charge in [-0.1, -0.05) is 48.9 Å². The number of nitrogens with two attached hydrogens (primary N) is 1. The highest BCUT2D eigenvalue weighted by molar-refractivity contribution is 6.32. The van der Waals surface area contributed by atoms with Crippen LogP contribution in [0.15, 0.2) is 48.5 Å². The minimum Gasteiger partial charge on any atom is -0.474 e. The number of hydrogen-bond donors (Lipinski definition) is 1. The first kappa shape index (κ1) is 18.7. The number of amides is 1. The van der Waals surface area contributed by atoms with Crippen LogP contribution >= 0.6 is 11.6 Å². The minimum atomic E-state index is -0.848. The van der Waals surface area contributed by atoms with E-state index in [4.69, 9.17) is 22.1 Å². The first-order valence-corrected chi connectivity index (χ1v) is 8.95. The Morgan fingerprint density at radius 1 is 1.35 bits per heavy atom. The third-order valence-electron chi connectivity index (χ3n) is 4.83. The first-order chi connectivity index (χ1) is 12.4.